The van der Waals surface area contributed by atoms with Crippen molar-refractivity contribution in [1.82, 2.24) is 4.90 Å². The van der Waals surface area contributed by atoms with Crippen LogP contribution in [0.5, 0.6) is 5.75 Å². The van der Waals surface area contributed by atoms with Crippen molar-refractivity contribution in [1.29, 1.82) is 0 Å². The fraction of sp³-hybridized carbons (Fsp3) is 0.543. The largest absolute Gasteiger partial charge is 0.487 e. The minimum atomic E-state index is -2.40. The molecular formula is C35H45ClN2O7. The zero-order valence-corrected chi connectivity index (χ0v) is 27.0. The Bertz CT molecular complexity index is 1380. The first-order chi connectivity index (χ1) is 21.7. The first kappa shape index (κ1) is 33.3. The minimum absolute atomic E-state index is 0.0739. The van der Waals surface area contributed by atoms with Crippen LogP contribution in [0.3, 0.4) is 0 Å². The van der Waals surface area contributed by atoms with E-state index in [1.165, 1.54) is 4.90 Å². The van der Waals surface area contributed by atoms with Crippen molar-refractivity contribution < 1.29 is 34.0 Å². The summed E-state index contributed by atoms with van der Waals surface area (Å²) in [6.45, 7) is 3.17. The SMILES string of the molecule is COCCO[C@H]1/C=C/CCN(C)C(=O)C[C@](O)(C(=O)O)c2ccc3c(c2)N(CCCCc2cc(Cl)ccc2CO3)C[C@@H]2CC[C@H]21. The van der Waals surface area contributed by atoms with E-state index in [0.29, 0.717) is 55.4 Å². The Labute approximate surface area is 270 Å². The highest BCUT2D eigenvalue weighted by atomic mass is 35.5. The average Bonchev–Trinajstić information content (AvgIpc) is 3.03. The van der Waals surface area contributed by atoms with E-state index in [4.69, 9.17) is 25.8 Å². The fourth-order valence-corrected chi connectivity index (χ4v) is 6.79. The molecule has 2 aromatic rings. The van der Waals surface area contributed by atoms with Crippen LogP contribution in [-0.2, 0) is 37.7 Å². The molecule has 45 heavy (non-hydrogen) atoms. The molecule has 3 aliphatic rings. The van der Waals surface area contributed by atoms with E-state index in [1.54, 1.807) is 32.4 Å². The summed E-state index contributed by atoms with van der Waals surface area (Å²) >= 11 is 6.34. The number of benzene rings is 2. The Morgan fingerprint density at radius 1 is 1.11 bits per heavy atom. The van der Waals surface area contributed by atoms with Gasteiger partial charge >= 0.3 is 5.97 Å². The van der Waals surface area contributed by atoms with Crippen molar-refractivity contribution in [3.8, 4) is 5.75 Å². The molecule has 0 radical (unpaired) electrons. The molecule has 1 amide bonds. The maximum Gasteiger partial charge on any atom is 0.340 e. The lowest BCUT2D eigenvalue weighted by Crippen LogP contribution is -2.45. The van der Waals surface area contributed by atoms with Gasteiger partial charge in [0.2, 0.25) is 5.91 Å². The number of nitrogens with zero attached hydrogens (tertiary/aromatic N) is 2. The molecule has 1 saturated carbocycles. The van der Waals surface area contributed by atoms with Gasteiger partial charge in [-0.2, -0.15) is 0 Å². The molecule has 1 aliphatic carbocycles. The molecule has 9 nitrogen and oxygen atoms in total. The Morgan fingerprint density at radius 2 is 1.96 bits per heavy atom. The normalized spacial score (nSPS) is 26.8. The molecule has 0 aromatic heterocycles. The number of fused-ring (bicyclic) bond motifs is 3. The van der Waals surface area contributed by atoms with Gasteiger partial charge in [0.1, 0.15) is 12.4 Å². The minimum Gasteiger partial charge on any atom is -0.487 e. The van der Waals surface area contributed by atoms with Gasteiger partial charge in [-0.05, 0) is 91.3 Å². The van der Waals surface area contributed by atoms with Crippen molar-refractivity contribution in [3.05, 3.63) is 70.3 Å². The van der Waals surface area contributed by atoms with E-state index in [0.717, 1.165) is 62.0 Å². The van der Waals surface area contributed by atoms with E-state index in [2.05, 4.69) is 11.0 Å². The predicted molar refractivity (Wildman–Crippen MR) is 173 cm³/mol. The number of rotatable bonds is 5. The highest BCUT2D eigenvalue weighted by Crippen LogP contribution is 2.43. The number of carbonyl (C=O) groups excluding carboxylic acids is 1. The van der Waals surface area contributed by atoms with Gasteiger partial charge in [-0.15, -0.1) is 0 Å². The molecule has 1 fully saturated rings. The molecule has 2 aliphatic heterocycles. The summed E-state index contributed by atoms with van der Waals surface area (Å²) in [6, 6.07) is 10.9. The Balaban J connectivity index is 1.56. The summed E-state index contributed by atoms with van der Waals surface area (Å²) in [6.07, 6.45) is 8.88. The Hall–Kier alpha value is -3.11. The molecule has 2 bridgehead atoms. The zero-order chi connectivity index (χ0) is 32.0. The molecule has 2 heterocycles. The van der Waals surface area contributed by atoms with Gasteiger partial charge in [-0.3, -0.25) is 4.79 Å². The molecule has 0 spiro atoms. The van der Waals surface area contributed by atoms with E-state index >= 15 is 0 Å². The summed E-state index contributed by atoms with van der Waals surface area (Å²) < 4.78 is 18.0. The number of amides is 1. The van der Waals surface area contributed by atoms with Crippen molar-refractivity contribution in [2.24, 2.45) is 11.8 Å². The number of aliphatic carboxylic acids is 1. The van der Waals surface area contributed by atoms with Gasteiger partial charge in [0.05, 0.1) is 31.4 Å². The Morgan fingerprint density at radius 3 is 2.71 bits per heavy atom. The number of anilines is 1. The number of ether oxygens (including phenoxy) is 3. The van der Waals surface area contributed by atoms with Crippen LogP contribution in [0.1, 0.15) is 55.2 Å². The number of aryl methyl sites for hydroxylation is 1. The monoisotopic (exact) mass is 640 g/mol. The third-order valence-corrected chi connectivity index (χ3v) is 9.78. The van der Waals surface area contributed by atoms with Gasteiger partial charge in [0.25, 0.3) is 0 Å². The molecule has 5 rings (SSSR count). The maximum atomic E-state index is 13.2. The van der Waals surface area contributed by atoms with Crippen LogP contribution < -0.4 is 9.64 Å². The lowest BCUT2D eigenvalue weighted by molar-refractivity contribution is -0.164. The smallest absolute Gasteiger partial charge is 0.340 e. The summed E-state index contributed by atoms with van der Waals surface area (Å²) in [7, 11) is 3.30. The van der Waals surface area contributed by atoms with Crippen molar-refractivity contribution in [2.45, 2.75) is 63.3 Å². The molecule has 2 aromatic carbocycles. The van der Waals surface area contributed by atoms with Gasteiger partial charge in [0, 0.05) is 38.8 Å². The first-order valence-corrected chi connectivity index (χ1v) is 16.3. The van der Waals surface area contributed by atoms with Crippen molar-refractivity contribution in [2.75, 3.05) is 51.9 Å². The highest BCUT2D eigenvalue weighted by molar-refractivity contribution is 6.30. The maximum absolute atomic E-state index is 13.2. The number of methoxy groups -OCH3 is 1. The Kier molecular flexibility index (Phi) is 11.1. The second kappa shape index (κ2) is 15.0. The van der Waals surface area contributed by atoms with Crippen LogP contribution in [0.15, 0.2) is 48.6 Å². The van der Waals surface area contributed by atoms with Crippen LogP contribution in [0, 0.1) is 11.8 Å². The standard InChI is InChI=1S/C35H45ClN2O7/c1-37-15-5-4-8-31(44-18-17-43-2)29-13-10-25(29)22-38-16-6-3-7-24-19-28(36)12-9-26(24)23-45-32-14-11-27(20-30(32)38)35(42,34(40)41)21-33(37)39/h4,8-9,11-12,14,19-20,25,29,31,42H,3,5-7,10,13,15-18,21-23H2,1-2H3,(H,40,41)/b8-4+/t25-,29+,31-,35+/m0/s1. The van der Waals surface area contributed by atoms with Crippen LogP contribution >= 0.6 is 11.6 Å². The van der Waals surface area contributed by atoms with Gasteiger partial charge in [0.15, 0.2) is 5.60 Å². The number of carboxylic acids is 1. The molecular weight excluding hydrogens is 596 g/mol. The highest BCUT2D eigenvalue weighted by Gasteiger charge is 2.43. The number of hydrogen-bond donors (Lipinski definition) is 2. The molecule has 10 heteroatoms. The molecule has 2 N–H and O–H groups in total. The molecule has 0 saturated heterocycles. The molecule has 244 valence electrons. The first-order valence-electron chi connectivity index (χ1n) is 16.0. The van der Waals surface area contributed by atoms with E-state index in [9.17, 15) is 19.8 Å². The third kappa shape index (κ3) is 7.83. The molecule has 4 atom stereocenters. The summed E-state index contributed by atoms with van der Waals surface area (Å²) in [4.78, 5) is 29.6. The number of hydrogen-bond acceptors (Lipinski definition) is 7. The average molecular weight is 641 g/mol. The summed E-state index contributed by atoms with van der Waals surface area (Å²) in [5.74, 6) is -0.668. The van der Waals surface area contributed by atoms with Gasteiger partial charge < -0.3 is 34.2 Å². The second-order valence-electron chi connectivity index (χ2n) is 12.5. The zero-order valence-electron chi connectivity index (χ0n) is 26.3. The third-order valence-electron chi connectivity index (χ3n) is 9.55. The number of aliphatic hydroxyl groups is 1. The van der Waals surface area contributed by atoms with Crippen LogP contribution in [0.25, 0.3) is 0 Å². The quantitative estimate of drug-likeness (QED) is 0.339. The van der Waals surface area contributed by atoms with Gasteiger partial charge in [-0.25, -0.2) is 4.79 Å². The summed E-state index contributed by atoms with van der Waals surface area (Å²) in [5, 5.41) is 22.5. The van der Waals surface area contributed by atoms with Crippen molar-refractivity contribution in [3.63, 3.8) is 0 Å². The van der Waals surface area contributed by atoms with Crippen LogP contribution in [0.2, 0.25) is 5.02 Å². The number of halogens is 1. The molecule has 0 unspecified atom stereocenters. The van der Waals surface area contributed by atoms with E-state index in [-0.39, 0.29) is 11.7 Å². The van der Waals surface area contributed by atoms with E-state index < -0.39 is 23.9 Å². The van der Waals surface area contributed by atoms with Crippen LogP contribution in [-0.4, -0.2) is 80.1 Å². The summed E-state index contributed by atoms with van der Waals surface area (Å²) in [5.41, 5.74) is 0.687. The number of carbonyl (C=O) groups is 2. The lowest BCUT2D eigenvalue weighted by atomic mass is 9.70. The number of carboxylic acid groups (broad SMARTS) is 1. The van der Waals surface area contributed by atoms with Crippen molar-refractivity contribution >= 4 is 29.2 Å². The fourth-order valence-electron chi connectivity index (χ4n) is 6.60. The topological polar surface area (TPSA) is 109 Å². The van der Waals surface area contributed by atoms with E-state index in [1.807, 2.05) is 24.3 Å². The van der Waals surface area contributed by atoms with Crippen LogP contribution in [0.4, 0.5) is 5.69 Å². The predicted octanol–water partition coefficient (Wildman–Crippen LogP) is 5.20. The van der Waals surface area contributed by atoms with Gasteiger partial charge in [-0.1, -0.05) is 35.9 Å². The lowest BCUT2D eigenvalue weighted by Gasteiger charge is -2.44. The second-order valence-corrected chi connectivity index (χ2v) is 12.9.